The maximum Gasteiger partial charge on any atom is 0.416 e. The molecule has 0 radical (unpaired) electrons. The van der Waals surface area contributed by atoms with Gasteiger partial charge in [0.15, 0.2) is 11.3 Å². The Hall–Kier alpha value is -4.35. The zero-order chi connectivity index (χ0) is 27.5. The number of hydrogen-bond donors (Lipinski definition) is 1. The molecule has 3 aromatic carbocycles. The lowest BCUT2D eigenvalue weighted by molar-refractivity contribution is -0.137. The van der Waals surface area contributed by atoms with Crippen LogP contribution in [-0.2, 0) is 12.7 Å². The normalized spacial score (nSPS) is 12.0. The second-order valence-corrected chi connectivity index (χ2v) is 9.57. The van der Waals surface area contributed by atoms with Gasteiger partial charge in [0.05, 0.1) is 12.1 Å². The van der Waals surface area contributed by atoms with Gasteiger partial charge in [-0.15, -0.1) is 5.10 Å². The first-order chi connectivity index (χ1) is 18.6. The SMILES string of the molecule is O=c1[nH]nc2c(-c3ccc(Cl)cc3)c(-c3ccc(Cl)cc3)c3nn(Cc4ccc(C(F)(F)F)cc4)c(=O)n3n12. The molecule has 0 saturated carbocycles. The molecule has 6 aromatic rings. The van der Waals surface area contributed by atoms with Crippen molar-refractivity contribution >= 4 is 34.5 Å². The molecule has 196 valence electrons. The van der Waals surface area contributed by atoms with Gasteiger partial charge < -0.3 is 0 Å². The number of rotatable bonds is 4. The van der Waals surface area contributed by atoms with Crippen LogP contribution < -0.4 is 11.4 Å². The summed E-state index contributed by atoms with van der Waals surface area (Å²) in [6.45, 7) is -0.136. The van der Waals surface area contributed by atoms with Crippen LogP contribution in [0.4, 0.5) is 13.2 Å². The molecule has 0 unspecified atom stereocenters. The van der Waals surface area contributed by atoms with Crippen molar-refractivity contribution in [2.45, 2.75) is 12.7 Å². The maximum atomic E-state index is 13.6. The van der Waals surface area contributed by atoms with Crippen LogP contribution in [0.15, 0.2) is 82.4 Å². The summed E-state index contributed by atoms with van der Waals surface area (Å²) in [5.41, 5.74) is 0.828. The summed E-state index contributed by atoms with van der Waals surface area (Å²) < 4.78 is 42.3. The van der Waals surface area contributed by atoms with E-state index in [4.69, 9.17) is 23.2 Å². The van der Waals surface area contributed by atoms with Crippen LogP contribution in [0.3, 0.4) is 0 Å². The van der Waals surface area contributed by atoms with E-state index < -0.39 is 23.1 Å². The first-order valence-corrected chi connectivity index (χ1v) is 12.2. The molecule has 0 fully saturated rings. The summed E-state index contributed by atoms with van der Waals surface area (Å²) in [5.74, 6) is 0. The molecule has 0 aliphatic rings. The van der Waals surface area contributed by atoms with Crippen LogP contribution in [0.2, 0.25) is 10.0 Å². The predicted octanol–water partition coefficient (Wildman–Crippen LogP) is 5.54. The second kappa shape index (κ2) is 9.14. The van der Waals surface area contributed by atoms with Crippen molar-refractivity contribution in [3.63, 3.8) is 0 Å². The van der Waals surface area contributed by atoms with Gasteiger partial charge in [-0.1, -0.05) is 59.6 Å². The molecule has 0 spiro atoms. The van der Waals surface area contributed by atoms with Crippen LogP contribution in [0, 0.1) is 0 Å². The summed E-state index contributed by atoms with van der Waals surface area (Å²) in [4.78, 5) is 26.5. The van der Waals surface area contributed by atoms with Gasteiger partial charge in [0.1, 0.15) is 0 Å². The Morgan fingerprint density at radius 1 is 0.744 bits per heavy atom. The first-order valence-electron chi connectivity index (χ1n) is 11.4. The van der Waals surface area contributed by atoms with Crippen molar-refractivity contribution in [1.29, 1.82) is 0 Å². The van der Waals surface area contributed by atoms with E-state index in [-0.39, 0.29) is 17.8 Å². The lowest BCUT2D eigenvalue weighted by atomic mass is 9.96. The average molecular weight is 571 g/mol. The number of halogens is 5. The summed E-state index contributed by atoms with van der Waals surface area (Å²) in [6.07, 6.45) is -4.49. The number of aromatic nitrogens is 6. The van der Waals surface area contributed by atoms with E-state index in [0.717, 1.165) is 25.8 Å². The number of H-pyrrole nitrogens is 1. The number of nitrogens with one attached hydrogen (secondary N) is 1. The number of benzene rings is 3. The zero-order valence-electron chi connectivity index (χ0n) is 19.6. The van der Waals surface area contributed by atoms with E-state index in [1.165, 1.54) is 12.1 Å². The molecule has 0 amide bonds. The minimum Gasteiger partial charge on any atom is -0.244 e. The van der Waals surface area contributed by atoms with E-state index in [0.29, 0.717) is 37.9 Å². The number of alkyl halides is 3. The first kappa shape index (κ1) is 25.0. The standard InChI is InChI=1S/C26H15Cl2F3N6O2/c27-18-9-3-15(4-10-18)20-21(16-5-11-19(28)12-6-16)23-34-35(13-14-1-7-17(8-2-14)26(29,30)31)25(39)37(23)36-22(20)32-33-24(36)38/h1-12H,13H2,(H,33,38). The summed E-state index contributed by atoms with van der Waals surface area (Å²) >= 11 is 12.2. The molecule has 3 aromatic heterocycles. The fourth-order valence-electron chi connectivity index (χ4n) is 4.45. The largest absolute Gasteiger partial charge is 0.416 e. The molecule has 0 saturated heterocycles. The number of hydrogen-bond acceptors (Lipinski definition) is 4. The molecule has 0 aliphatic carbocycles. The van der Waals surface area contributed by atoms with Gasteiger partial charge in [-0.2, -0.15) is 27.3 Å². The molecule has 0 bridgehead atoms. The van der Waals surface area contributed by atoms with Crippen molar-refractivity contribution < 1.29 is 13.2 Å². The smallest absolute Gasteiger partial charge is 0.244 e. The highest BCUT2D eigenvalue weighted by atomic mass is 35.5. The topological polar surface area (TPSA) is 89.5 Å². The molecule has 8 nitrogen and oxygen atoms in total. The quantitative estimate of drug-likeness (QED) is 0.301. The van der Waals surface area contributed by atoms with Crippen LogP contribution in [0.25, 0.3) is 33.5 Å². The van der Waals surface area contributed by atoms with Crippen molar-refractivity contribution in [2.24, 2.45) is 0 Å². The average Bonchev–Trinajstić information content (AvgIpc) is 3.43. The molecule has 1 N–H and O–H groups in total. The third kappa shape index (κ3) is 4.29. The van der Waals surface area contributed by atoms with E-state index in [1.54, 1.807) is 48.5 Å². The summed E-state index contributed by atoms with van der Waals surface area (Å²) in [6, 6.07) is 18.2. The lowest BCUT2D eigenvalue weighted by Crippen LogP contribution is -2.28. The third-order valence-corrected chi connectivity index (χ3v) is 6.75. The fourth-order valence-corrected chi connectivity index (χ4v) is 4.71. The molecule has 0 aliphatic heterocycles. The molecule has 3 heterocycles. The molecule has 0 atom stereocenters. The highest BCUT2D eigenvalue weighted by molar-refractivity contribution is 6.31. The van der Waals surface area contributed by atoms with Gasteiger partial charge in [0, 0.05) is 21.2 Å². The summed E-state index contributed by atoms with van der Waals surface area (Å²) in [5, 5.41) is 12.1. The molecular weight excluding hydrogens is 556 g/mol. The Morgan fingerprint density at radius 2 is 1.28 bits per heavy atom. The van der Waals surface area contributed by atoms with Crippen molar-refractivity contribution in [3.8, 4) is 22.3 Å². The Kier molecular flexibility index (Phi) is 5.85. The fraction of sp³-hybridized carbons (Fsp3) is 0.0769. The Bertz CT molecular complexity index is 1970. The van der Waals surface area contributed by atoms with E-state index in [9.17, 15) is 22.8 Å². The minimum absolute atomic E-state index is 0.134. The summed E-state index contributed by atoms with van der Waals surface area (Å²) in [7, 11) is 0. The lowest BCUT2D eigenvalue weighted by Gasteiger charge is -2.13. The highest BCUT2D eigenvalue weighted by Crippen LogP contribution is 2.38. The number of nitrogens with zero attached hydrogens (tertiary/aromatic N) is 5. The van der Waals surface area contributed by atoms with E-state index >= 15 is 0 Å². The van der Waals surface area contributed by atoms with Gasteiger partial charge in [0.25, 0.3) is 0 Å². The minimum atomic E-state index is -4.49. The van der Waals surface area contributed by atoms with Gasteiger partial charge in [-0.05, 0) is 53.1 Å². The maximum absolute atomic E-state index is 13.6. The van der Waals surface area contributed by atoms with Crippen molar-refractivity contribution in [2.75, 3.05) is 0 Å². The van der Waals surface area contributed by atoms with Gasteiger partial charge in [0.2, 0.25) is 0 Å². The van der Waals surface area contributed by atoms with Crippen LogP contribution in [0.5, 0.6) is 0 Å². The molecule has 6 rings (SSSR count). The molecule has 13 heteroatoms. The van der Waals surface area contributed by atoms with E-state index in [1.807, 2.05) is 0 Å². The third-order valence-electron chi connectivity index (χ3n) is 6.25. The van der Waals surface area contributed by atoms with Crippen molar-refractivity contribution in [1.82, 2.24) is 29.0 Å². The number of aromatic amines is 1. The zero-order valence-corrected chi connectivity index (χ0v) is 21.1. The van der Waals surface area contributed by atoms with Gasteiger partial charge >= 0.3 is 17.6 Å². The van der Waals surface area contributed by atoms with Crippen LogP contribution >= 0.6 is 23.2 Å². The highest BCUT2D eigenvalue weighted by Gasteiger charge is 2.30. The Balaban J connectivity index is 1.65. The van der Waals surface area contributed by atoms with Crippen molar-refractivity contribution in [3.05, 3.63) is 115 Å². The van der Waals surface area contributed by atoms with Crippen LogP contribution in [-0.4, -0.2) is 29.0 Å². The van der Waals surface area contributed by atoms with Gasteiger partial charge in [-0.25, -0.2) is 19.4 Å². The van der Waals surface area contributed by atoms with Crippen LogP contribution in [0.1, 0.15) is 11.1 Å². The van der Waals surface area contributed by atoms with Gasteiger partial charge in [-0.3, -0.25) is 0 Å². The predicted molar refractivity (Wildman–Crippen MR) is 140 cm³/mol. The monoisotopic (exact) mass is 570 g/mol. The van der Waals surface area contributed by atoms with E-state index in [2.05, 4.69) is 15.3 Å². The Labute approximate surface area is 226 Å². The second-order valence-electron chi connectivity index (χ2n) is 8.70. The molecular formula is C26H15Cl2F3N6O2. The molecule has 39 heavy (non-hydrogen) atoms. The number of fused-ring (bicyclic) bond motifs is 3. The Morgan fingerprint density at radius 3 is 1.82 bits per heavy atom.